The molecule has 0 radical (unpaired) electrons. The molecule has 2 N–H and O–H groups in total. The first-order valence-corrected chi connectivity index (χ1v) is 12.5. The zero-order chi connectivity index (χ0) is 26.4. The standard InChI is InChI=1S/C23H23FN6O5S/c1-7-13-14(24)8-15(27-22(31)35-23(3,4)5)18-16(13)17-19(28-18)29-21(36(6,32)33)30-20(17)34-12-9-25-11(2)26-10-12/h7-10H,1H2,2-6H3,(H,27,31)(H,28,29,30). The van der Waals surface area contributed by atoms with Gasteiger partial charge >= 0.3 is 6.09 Å². The molecule has 11 nitrogen and oxygen atoms in total. The molecule has 0 spiro atoms. The maximum absolute atomic E-state index is 15.2. The van der Waals surface area contributed by atoms with Crippen LogP contribution in [0, 0.1) is 12.7 Å². The van der Waals surface area contributed by atoms with E-state index in [0.717, 1.165) is 12.3 Å². The minimum atomic E-state index is -3.86. The lowest BCUT2D eigenvalue weighted by atomic mass is 10.1. The highest BCUT2D eigenvalue weighted by molar-refractivity contribution is 7.90. The summed E-state index contributed by atoms with van der Waals surface area (Å²) < 4.78 is 50.9. The molecule has 0 unspecified atom stereocenters. The molecule has 1 amide bonds. The molecule has 4 aromatic rings. The monoisotopic (exact) mass is 514 g/mol. The van der Waals surface area contributed by atoms with E-state index in [9.17, 15) is 13.2 Å². The Labute approximate surface area is 205 Å². The Balaban J connectivity index is 2.02. The molecule has 0 fully saturated rings. The summed E-state index contributed by atoms with van der Waals surface area (Å²) in [6.07, 6.45) is 4.18. The number of nitrogens with zero attached hydrogens (tertiary/aromatic N) is 4. The van der Waals surface area contributed by atoms with Gasteiger partial charge in [0.1, 0.15) is 22.9 Å². The first kappa shape index (κ1) is 25.0. The number of halogens is 1. The molecule has 188 valence electrons. The predicted octanol–water partition coefficient (Wildman–Crippen LogP) is 4.53. The van der Waals surface area contributed by atoms with Gasteiger partial charge in [-0.2, -0.15) is 9.97 Å². The highest BCUT2D eigenvalue weighted by atomic mass is 32.2. The number of carbonyl (C=O) groups is 1. The van der Waals surface area contributed by atoms with E-state index in [2.05, 4.69) is 36.8 Å². The van der Waals surface area contributed by atoms with Gasteiger partial charge in [-0.25, -0.2) is 27.6 Å². The number of carbonyl (C=O) groups excluding carboxylic acids is 1. The van der Waals surface area contributed by atoms with Crippen molar-refractivity contribution in [2.45, 2.75) is 38.5 Å². The molecule has 13 heteroatoms. The zero-order valence-corrected chi connectivity index (χ0v) is 20.9. The molecular weight excluding hydrogens is 491 g/mol. The highest BCUT2D eigenvalue weighted by Gasteiger charge is 2.26. The molecule has 0 aliphatic heterocycles. The van der Waals surface area contributed by atoms with Gasteiger partial charge in [0.05, 0.1) is 29.0 Å². The SMILES string of the molecule is C=Cc1c(F)cc(NC(=O)OC(C)(C)C)c2[nH]c3nc(S(C)(=O)=O)nc(Oc4cnc(C)nc4)c3c12. The quantitative estimate of drug-likeness (QED) is 0.366. The lowest BCUT2D eigenvalue weighted by Crippen LogP contribution is -2.27. The topological polar surface area (TPSA) is 149 Å². The summed E-state index contributed by atoms with van der Waals surface area (Å²) in [5.74, 6) is -0.233. The third kappa shape index (κ3) is 4.96. The summed E-state index contributed by atoms with van der Waals surface area (Å²) in [5.41, 5.74) is -0.435. The summed E-state index contributed by atoms with van der Waals surface area (Å²) in [6.45, 7) is 10.4. The van der Waals surface area contributed by atoms with Gasteiger partial charge in [0.25, 0.3) is 5.16 Å². The van der Waals surface area contributed by atoms with Crippen molar-refractivity contribution >= 4 is 49.6 Å². The number of ether oxygens (including phenoxy) is 2. The minimum Gasteiger partial charge on any atom is -0.444 e. The number of benzene rings is 1. The Bertz CT molecular complexity index is 1630. The first-order chi connectivity index (χ1) is 16.8. The number of H-pyrrole nitrogens is 1. The molecule has 0 atom stereocenters. The van der Waals surface area contributed by atoms with Gasteiger partial charge in [0.15, 0.2) is 5.75 Å². The van der Waals surface area contributed by atoms with E-state index in [-0.39, 0.29) is 44.8 Å². The number of aromatic amines is 1. The Morgan fingerprint density at radius 1 is 1.19 bits per heavy atom. The summed E-state index contributed by atoms with van der Waals surface area (Å²) >= 11 is 0. The molecular formula is C23H23FN6O5S. The van der Waals surface area contributed by atoms with Gasteiger partial charge in [-0.3, -0.25) is 5.32 Å². The van der Waals surface area contributed by atoms with Crippen molar-refractivity contribution in [2.75, 3.05) is 11.6 Å². The van der Waals surface area contributed by atoms with Crippen molar-refractivity contribution < 1.29 is 27.1 Å². The number of amides is 1. The fourth-order valence-electron chi connectivity index (χ4n) is 3.41. The molecule has 0 saturated carbocycles. The predicted molar refractivity (Wildman–Crippen MR) is 131 cm³/mol. The normalized spacial score (nSPS) is 12.1. The minimum absolute atomic E-state index is 0.0318. The fourth-order valence-corrected chi connectivity index (χ4v) is 3.91. The third-order valence-corrected chi connectivity index (χ3v) is 5.65. The molecule has 1 aromatic carbocycles. The smallest absolute Gasteiger partial charge is 0.412 e. The molecule has 4 rings (SSSR count). The Hall–Kier alpha value is -4.13. The van der Waals surface area contributed by atoms with Crippen LogP contribution >= 0.6 is 0 Å². The second-order valence-electron chi connectivity index (χ2n) is 8.90. The van der Waals surface area contributed by atoms with Crippen molar-refractivity contribution in [3.05, 3.63) is 42.2 Å². The maximum Gasteiger partial charge on any atom is 0.412 e. The molecule has 0 saturated heterocycles. The number of anilines is 1. The van der Waals surface area contributed by atoms with Crippen LogP contribution in [0.25, 0.3) is 28.0 Å². The van der Waals surface area contributed by atoms with E-state index >= 15 is 4.39 Å². The maximum atomic E-state index is 15.2. The molecule has 0 bridgehead atoms. The zero-order valence-electron chi connectivity index (χ0n) is 20.1. The second kappa shape index (κ2) is 8.82. The molecule has 0 aliphatic rings. The van der Waals surface area contributed by atoms with Crippen molar-refractivity contribution in [3.63, 3.8) is 0 Å². The van der Waals surface area contributed by atoms with E-state index in [1.54, 1.807) is 27.7 Å². The number of hydrogen-bond donors (Lipinski definition) is 2. The fraction of sp³-hybridized carbons (Fsp3) is 0.261. The van der Waals surface area contributed by atoms with Crippen molar-refractivity contribution in [3.8, 4) is 11.6 Å². The second-order valence-corrected chi connectivity index (χ2v) is 10.8. The van der Waals surface area contributed by atoms with Crippen LogP contribution in [-0.2, 0) is 14.6 Å². The number of hydrogen-bond acceptors (Lipinski definition) is 9. The van der Waals surface area contributed by atoms with Crippen LogP contribution in [0.4, 0.5) is 14.9 Å². The lowest BCUT2D eigenvalue weighted by molar-refractivity contribution is 0.0636. The number of aryl methyl sites for hydroxylation is 1. The van der Waals surface area contributed by atoms with Crippen molar-refractivity contribution in [1.29, 1.82) is 0 Å². The number of rotatable bonds is 5. The Kier molecular flexibility index (Phi) is 6.12. The van der Waals surface area contributed by atoms with E-state index in [0.29, 0.717) is 5.82 Å². The molecule has 36 heavy (non-hydrogen) atoms. The van der Waals surface area contributed by atoms with Crippen LogP contribution < -0.4 is 10.1 Å². The van der Waals surface area contributed by atoms with Crippen molar-refractivity contribution in [2.24, 2.45) is 0 Å². The van der Waals surface area contributed by atoms with E-state index in [4.69, 9.17) is 9.47 Å². The van der Waals surface area contributed by atoms with Gasteiger partial charge in [-0.1, -0.05) is 12.7 Å². The third-order valence-electron chi connectivity index (χ3n) is 4.81. The van der Waals surface area contributed by atoms with Crippen LogP contribution in [0.3, 0.4) is 0 Å². The Morgan fingerprint density at radius 3 is 2.44 bits per heavy atom. The van der Waals surface area contributed by atoms with Gasteiger partial charge in [0.2, 0.25) is 15.7 Å². The summed E-state index contributed by atoms with van der Waals surface area (Å²) in [7, 11) is -3.86. The average Bonchev–Trinajstić information content (AvgIpc) is 3.14. The summed E-state index contributed by atoms with van der Waals surface area (Å²) in [5, 5.41) is 2.38. The highest BCUT2D eigenvalue weighted by Crippen LogP contribution is 2.40. The first-order valence-electron chi connectivity index (χ1n) is 10.6. The van der Waals surface area contributed by atoms with E-state index < -0.39 is 32.5 Å². The van der Waals surface area contributed by atoms with Crippen LogP contribution in [0.15, 0.2) is 30.2 Å². The number of aromatic nitrogens is 5. The Morgan fingerprint density at radius 2 is 1.86 bits per heavy atom. The van der Waals surface area contributed by atoms with Gasteiger partial charge in [0, 0.05) is 23.3 Å². The number of nitrogens with one attached hydrogen (secondary N) is 2. The number of sulfone groups is 1. The van der Waals surface area contributed by atoms with Crippen LogP contribution in [0.2, 0.25) is 0 Å². The van der Waals surface area contributed by atoms with Crippen molar-refractivity contribution in [1.82, 2.24) is 24.9 Å². The van der Waals surface area contributed by atoms with Crippen LogP contribution in [0.1, 0.15) is 32.2 Å². The molecule has 3 aromatic heterocycles. The van der Waals surface area contributed by atoms with Gasteiger partial charge in [-0.05, 0) is 27.7 Å². The van der Waals surface area contributed by atoms with Crippen LogP contribution in [-0.4, -0.2) is 51.3 Å². The van der Waals surface area contributed by atoms with Gasteiger partial charge < -0.3 is 14.5 Å². The van der Waals surface area contributed by atoms with Crippen LogP contribution in [0.5, 0.6) is 11.6 Å². The lowest BCUT2D eigenvalue weighted by Gasteiger charge is -2.20. The molecule has 0 aliphatic carbocycles. The van der Waals surface area contributed by atoms with E-state index in [1.807, 2.05) is 0 Å². The largest absolute Gasteiger partial charge is 0.444 e. The average molecular weight is 515 g/mol. The number of fused-ring (bicyclic) bond motifs is 3. The summed E-state index contributed by atoms with van der Waals surface area (Å²) in [4.78, 5) is 31.7. The summed E-state index contributed by atoms with van der Waals surface area (Å²) in [6, 6.07) is 1.10. The van der Waals surface area contributed by atoms with E-state index in [1.165, 1.54) is 18.5 Å². The van der Waals surface area contributed by atoms with Gasteiger partial charge in [-0.15, -0.1) is 0 Å². The molecule has 3 heterocycles.